The van der Waals surface area contributed by atoms with Crippen LogP contribution >= 0.6 is 11.6 Å². The van der Waals surface area contributed by atoms with Gasteiger partial charge in [-0.15, -0.1) is 0 Å². The maximum Gasteiger partial charge on any atom is 0.264 e. The molecule has 5 rings (SSSR count). The van der Waals surface area contributed by atoms with E-state index in [-0.39, 0.29) is 24.1 Å². The van der Waals surface area contributed by atoms with Crippen molar-refractivity contribution in [3.63, 3.8) is 0 Å². The average Bonchev–Trinajstić information content (AvgIpc) is 2.98. The van der Waals surface area contributed by atoms with Crippen LogP contribution in [0.1, 0.15) is 36.8 Å². The number of halogens is 5. The topological polar surface area (TPSA) is 49.9 Å². The lowest BCUT2D eigenvalue weighted by atomic mass is 9.98. The number of para-hydroxylation sites is 1. The smallest absolute Gasteiger partial charge is 0.264 e. The molecule has 11 heteroatoms. The monoisotopic (exact) mass is 646 g/mol. The molecule has 0 radical (unpaired) electrons. The second-order valence-electron chi connectivity index (χ2n) is 10.7. The summed E-state index contributed by atoms with van der Waals surface area (Å²) in [5, 5.41) is 0.325. The Hall–Kier alpha value is -3.60. The molecule has 1 aliphatic heterocycles. The van der Waals surface area contributed by atoms with E-state index in [0.717, 1.165) is 54.4 Å². The van der Waals surface area contributed by atoms with Gasteiger partial charge >= 0.3 is 0 Å². The zero-order valence-electron chi connectivity index (χ0n) is 23.7. The fourth-order valence-electron chi connectivity index (χ4n) is 5.48. The standard InChI is InChI=1S/C33H31ClF4N2O3S/c34-25-8-11-30(12-9-25)44(41,42)40(32-20-26(35)10-13-31(32)38)22-24-5-1-2-7-33(24)43-16-14-29-6-3-4-15-39(29)21-23-17-27(36)19-28(37)18-23/h1-2,5,7-13,17-20,29H,3-4,6,14-16,21-22H2. The van der Waals surface area contributed by atoms with Crippen LogP contribution in [0.15, 0.2) is 89.8 Å². The number of ether oxygens (including phenoxy) is 1. The highest BCUT2D eigenvalue weighted by Gasteiger charge is 2.29. The van der Waals surface area contributed by atoms with Gasteiger partial charge in [0.15, 0.2) is 0 Å². The van der Waals surface area contributed by atoms with Crippen LogP contribution in [-0.2, 0) is 23.1 Å². The molecule has 0 aromatic heterocycles. The van der Waals surface area contributed by atoms with Crippen molar-refractivity contribution in [3.05, 3.63) is 124 Å². The lowest BCUT2D eigenvalue weighted by Crippen LogP contribution is -2.39. The summed E-state index contributed by atoms with van der Waals surface area (Å²) < 4.78 is 91.3. The quantitative estimate of drug-likeness (QED) is 0.155. The van der Waals surface area contributed by atoms with Crippen LogP contribution in [0, 0.1) is 23.3 Å². The molecule has 4 aromatic rings. The Morgan fingerprint density at radius 3 is 2.34 bits per heavy atom. The van der Waals surface area contributed by atoms with Crippen molar-refractivity contribution < 1.29 is 30.7 Å². The van der Waals surface area contributed by atoms with Crippen molar-refractivity contribution in [1.29, 1.82) is 0 Å². The first kappa shape index (κ1) is 31.8. The van der Waals surface area contributed by atoms with E-state index in [1.807, 2.05) is 0 Å². The van der Waals surface area contributed by atoms with Crippen molar-refractivity contribution in [1.82, 2.24) is 4.90 Å². The number of rotatable bonds is 11. The summed E-state index contributed by atoms with van der Waals surface area (Å²) in [6, 6.07) is 18.5. The third-order valence-electron chi connectivity index (χ3n) is 7.63. The first-order valence-corrected chi connectivity index (χ1v) is 16.0. The third-order valence-corrected chi connectivity index (χ3v) is 9.66. The van der Waals surface area contributed by atoms with Gasteiger partial charge in [0.1, 0.15) is 29.0 Å². The number of sulfonamides is 1. The van der Waals surface area contributed by atoms with E-state index in [1.165, 1.54) is 36.4 Å². The molecular weight excluding hydrogens is 616 g/mol. The van der Waals surface area contributed by atoms with Crippen molar-refractivity contribution in [2.45, 2.75) is 49.7 Å². The summed E-state index contributed by atoms with van der Waals surface area (Å²) in [5.74, 6) is -2.52. The Labute approximate surface area is 259 Å². The summed E-state index contributed by atoms with van der Waals surface area (Å²) in [6.45, 7) is 1.15. The number of likely N-dealkylation sites (tertiary alicyclic amines) is 1. The van der Waals surface area contributed by atoms with Gasteiger partial charge in [0, 0.05) is 35.3 Å². The minimum atomic E-state index is -4.35. The molecule has 1 atom stereocenters. The maximum atomic E-state index is 15.0. The first-order chi connectivity index (χ1) is 21.1. The highest BCUT2D eigenvalue weighted by molar-refractivity contribution is 7.92. The molecule has 1 unspecified atom stereocenters. The number of benzene rings is 4. The Balaban J connectivity index is 1.35. The summed E-state index contributed by atoms with van der Waals surface area (Å²) in [5.41, 5.74) is 0.568. The molecular formula is C33H31ClF4N2O3S. The molecule has 232 valence electrons. The number of piperidine rings is 1. The number of nitrogens with zero attached hydrogens (tertiary/aromatic N) is 2. The molecule has 0 bridgehead atoms. The molecule has 44 heavy (non-hydrogen) atoms. The number of hydrogen-bond donors (Lipinski definition) is 0. The van der Waals surface area contributed by atoms with Crippen LogP contribution in [0.2, 0.25) is 5.02 Å². The van der Waals surface area contributed by atoms with E-state index < -0.39 is 39.0 Å². The molecule has 1 saturated heterocycles. The average molecular weight is 647 g/mol. The van der Waals surface area contributed by atoms with Crippen LogP contribution in [0.25, 0.3) is 0 Å². The highest BCUT2D eigenvalue weighted by Crippen LogP contribution is 2.32. The summed E-state index contributed by atoms with van der Waals surface area (Å²) in [6.07, 6.45) is 3.52. The maximum absolute atomic E-state index is 15.0. The Morgan fingerprint density at radius 1 is 0.864 bits per heavy atom. The zero-order valence-corrected chi connectivity index (χ0v) is 25.3. The number of anilines is 1. The van der Waals surface area contributed by atoms with Crippen LogP contribution in [0.4, 0.5) is 23.2 Å². The fraction of sp³-hybridized carbons (Fsp3) is 0.273. The minimum Gasteiger partial charge on any atom is -0.493 e. The van der Waals surface area contributed by atoms with Gasteiger partial charge in [-0.2, -0.15) is 0 Å². The van der Waals surface area contributed by atoms with Gasteiger partial charge in [0.05, 0.1) is 23.7 Å². The predicted octanol–water partition coefficient (Wildman–Crippen LogP) is 8.12. The van der Waals surface area contributed by atoms with Gasteiger partial charge in [-0.25, -0.2) is 26.0 Å². The second kappa shape index (κ2) is 14.0. The van der Waals surface area contributed by atoms with E-state index in [1.54, 1.807) is 24.3 Å². The van der Waals surface area contributed by atoms with Gasteiger partial charge in [-0.3, -0.25) is 9.21 Å². The molecule has 1 aliphatic rings. The van der Waals surface area contributed by atoms with Crippen molar-refractivity contribution in [2.75, 3.05) is 17.5 Å². The Kier molecular flexibility index (Phi) is 10.1. The van der Waals surface area contributed by atoms with Crippen molar-refractivity contribution in [3.8, 4) is 5.75 Å². The van der Waals surface area contributed by atoms with E-state index in [4.69, 9.17) is 16.3 Å². The number of hydrogen-bond acceptors (Lipinski definition) is 4. The summed E-state index contributed by atoms with van der Waals surface area (Å²) in [4.78, 5) is 2.06. The predicted molar refractivity (Wildman–Crippen MR) is 162 cm³/mol. The van der Waals surface area contributed by atoms with Crippen LogP contribution in [0.3, 0.4) is 0 Å². The van der Waals surface area contributed by atoms with Gasteiger partial charge < -0.3 is 4.74 Å². The lowest BCUT2D eigenvalue weighted by molar-refractivity contribution is 0.116. The Bertz CT molecular complexity index is 1690. The van der Waals surface area contributed by atoms with Crippen molar-refractivity contribution in [2.24, 2.45) is 0 Å². The molecule has 0 saturated carbocycles. The summed E-state index contributed by atoms with van der Waals surface area (Å²) >= 11 is 5.95. The summed E-state index contributed by atoms with van der Waals surface area (Å²) in [7, 11) is -4.35. The molecule has 5 nitrogen and oxygen atoms in total. The molecule has 0 spiro atoms. The van der Waals surface area contributed by atoms with Crippen LogP contribution in [0.5, 0.6) is 5.75 Å². The normalized spacial score (nSPS) is 15.7. The molecule has 0 N–H and O–H groups in total. The van der Waals surface area contributed by atoms with Gasteiger partial charge in [0.25, 0.3) is 10.0 Å². The van der Waals surface area contributed by atoms with E-state index in [0.29, 0.717) is 34.9 Å². The molecule has 0 amide bonds. The molecule has 4 aromatic carbocycles. The van der Waals surface area contributed by atoms with E-state index in [9.17, 15) is 21.6 Å². The molecule has 0 aliphatic carbocycles. The minimum absolute atomic E-state index is 0.116. The van der Waals surface area contributed by atoms with Crippen molar-refractivity contribution >= 4 is 27.3 Å². The fourth-order valence-corrected chi connectivity index (χ4v) is 7.05. The first-order valence-electron chi connectivity index (χ1n) is 14.2. The highest BCUT2D eigenvalue weighted by atomic mass is 35.5. The lowest BCUT2D eigenvalue weighted by Gasteiger charge is -2.36. The Morgan fingerprint density at radius 2 is 1.59 bits per heavy atom. The van der Waals surface area contributed by atoms with Gasteiger partial charge in [0.2, 0.25) is 0 Å². The van der Waals surface area contributed by atoms with Gasteiger partial charge in [-0.05, 0) is 86.0 Å². The molecule has 1 fully saturated rings. The zero-order chi connectivity index (χ0) is 31.3. The largest absolute Gasteiger partial charge is 0.493 e. The SMILES string of the molecule is O=S(=O)(c1ccc(Cl)cc1)N(Cc1ccccc1OCCC1CCCCN1Cc1cc(F)cc(F)c1)c1cc(F)ccc1F. The van der Waals surface area contributed by atoms with Gasteiger partial charge in [-0.1, -0.05) is 36.2 Å². The van der Waals surface area contributed by atoms with Crippen LogP contribution < -0.4 is 9.04 Å². The third kappa shape index (κ3) is 7.72. The van der Waals surface area contributed by atoms with E-state index >= 15 is 4.39 Å². The molecule has 1 heterocycles. The second-order valence-corrected chi connectivity index (χ2v) is 13.0. The van der Waals surface area contributed by atoms with Crippen LogP contribution in [-0.4, -0.2) is 32.5 Å². The van der Waals surface area contributed by atoms with E-state index in [2.05, 4.69) is 4.90 Å².